The van der Waals surface area contributed by atoms with Crippen molar-refractivity contribution in [3.05, 3.63) is 68.7 Å². The molecule has 0 aromatic heterocycles. The van der Waals surface area contributed by atoms with Crippen LogP contribution in [-0.2, 0) is 0 Å². The molecule has 0 fully saturated rings. The lowest BCUT2D eigenvalue weighted by atomic mass is 9.97. The summed E-state index contributed by atoms with van der Waals surface area (Å²) in [5, 5.41) is 10.1. The van der Waals surface area contributed by atoms with Gasteiger partial charge in [0.1, 0.15) is 6.10 Å². The van der Waals surface area contributed by atoms with Gasteiger partial charge in [0.25, 0.3) is 11.8 Å². The second-order valence-corrected chi connectivity index (χ2v) is 7.23. The van der Waals surface area contributed by atoms with Crippen molar-refractivity contribution in [2.75, 3.05) is 0 Å². The molecule has 0 saturated carbocycles. The summed E-state index contributed by atoms with van der Waals surface area (Å²) in [4.78, 5) is 48.4. The normalized spacial score (nSPS) is 11.5. The molecule has 0 spiro atoms. The molecule has 11 heteroatoms. The smallest absolute Gasteiger partial charge is 0.266 e. The first kappa shape index (κ1) is 24.4. The highest BCUT2D eigenvalue weighted by Crippen LogP contribution is 2.25. The number of aliphatic hydroxyl groups is 1. The van der Waals surface area contributed by atoms with Crippen LogP contribution in [0.5, 0.6) is 0 Å². The van der Waals surface area contributed by atoms with E-state index in [-0.39, 0.29) is 57.3 Å². The first-order valence-corrected chi connectivity index (χ1v) is 9.82. The Morgan fingerprint density at radius 3 is 1.81 bits per heavy atom. The molecule has 7 N–H and O–H groups in total. The molecule has 0 saturated heterocycles. The van der Waals surface area contributed by atoms with E-state index in [1.54, 1.807) is 0 Å². The molecule has 2 rings (SSSR count). The molecular weight excluding hydrogens is 447 g/mol. The maximum absolute atomic E-state index is 12.5. The number of carbonyl (C=O) groups excluding carboxylic acids is 4. The van der Waals surface area contributed by atoms with Crippen LogP contribution in [0, 0.1) is 0 Å². The third-order valence-corrected chi connectivity index (χ3v) is 5.31. The minimum atomic E-state index is -1.44. The molecule has 0 bridgehead atoms. The quantitative estimate of drug-likeness (QED) is 0.162. The number of nitrogens with one attached hydrogen (secondary N) is 2. The monoisotopic (exact) mass is 466 g/mol. The number of hydrogen-bond donors (Lipinski definition) is 5. The van der Waals surface area contributed by atoms with Crippen LogP contribution in [0.3, 0.4) is 0 Å². The third-order valence-electron chi connectivity index (χ3n) is 4.50. The fourth-order valence-corrected chi connectivity index (χ4v) is 3.50. The van der Waals surface area contributed by atoms with Crippen molar-refractivity contribution >= 4 is 46.6 Å². The Morgan fingerprint density at radius 1 is 0.839 bits per heavy atom. The van der Waals surface area contributed by atoms with Crippen molar-refractivity contribution in [2.24, 2.45) is 11.7 Å². The van der Waals surface area contributed by atoms with Gasteiger partial charge in [-0.25, -0.2) is 11.7 Å². The first-order valence-electron chi connectivity index (χ1n) is 9.07. The van der Waals surface area contributed by atoms with Crippen molar-refractivity contribution in [3.8, 4) is 0 Å². The van der Waals surface area contributed by atoms with Gasteiger partial charge in [-0.15, -0.1) is 0 Å². The minimum Gasteiger partial charge on any atom is -0.385 e. The fraction of sp³-hybridized carbons (Fsp3) is 0.200. The van der Waals surface area contributed by atoms with Gasteiger partial charge in [0, 0.05) is 17.5 Å². The van der Waals surface area contributed by atoms with E-state index in [0.29, 0.717) is 0 Å². The number of ketones is 2. The highest BCUT2D eigenvalue weighted by atomic mass is 35.5. The Kier molecular flexibility index (Phi) is 8.66. The van der Waals surface area contributed by atoms with Gasteiger partial charge >= 0.3 is 0 Å². The Bertz CT molecular complexity index is 1030. The zero-order valence-corrected chi connectivity index (χ0v) is 17.7. The van der Waals surface area contributed by atoms with Gasteiger partial charge in [0.05, 0.1) is 21.2 Å². The summed E-state index contributed by atoms with van der Waals surface area (Å²) in [5.74, 6) is 7.81. The molecule has 0 radical (unpaired) electrons. The van der Waals surface area contributed by atoms with Crippen LogP contribution < -0.4 is 22.5 Å². The van der Waals surface area contributed by atoms with E-state index < -0.39 is 23.7 Å². The molecule has 9 nitrogen and oxygen atoms in total. The van der Waals surface area contributed by atoms with E-state index in [1.807, 2.05) is 10.9 Å². The van der Waals surface area contributed by atoms with Gasteiger partial charge in [-0.05, 0) is 37.1 Å². The molecule has 164 valence electrons. The van der Waals surface area contributed by atoms with Crippen molar-refractivity contribution < 1.29 is 24.3 Å². The van der Waals surface area contributed by atoms with Gasteiger partial charge < -0.3 is 5.11 Å². The molecule has 0 aliphatic heterocycles. The number of nitrogens with two attached hydrogens (primary N) is 2. The van der Waals surface area contributed by atoms with E-state index in [9.17, 15) is 24.3 Å². The van der Waals surface area contributed by atoms with Gasteiger partial charge in [-0.1, -0.05) is 35.3 Å². The van der Waals surface area contributed by atoms with Crippen molar-refractivity contribution in [2.45, 2.75) is 25.4 Å². The van der Waals surface area contributed by atoms with Crippen LogP contribution >= 0.6 is 23.2 Å². The molecule has 0 heterocycles. The van der Waals surface area contributed by atoms with Gasteiger partial charge in [-0.3, -0.25) is 30.0 Å². The standard InChI is InChI=1S/C20H20Cl2N4O5/c21-16-10(4-1-6-12(16)19(30)25-23)14(27)8-3-9-15(28)18(29)11-5-2-7-13(17(11)22)20(31)26-24/h1-2,4-7,15,28H,3,8-9,23-24H2,(H,25,30)(H,26,31). The number of nitrogen functional groups attached to an aromatic ring is 2. The van der Waals surface area contributed by atoms with E-state index >= 15 is 0 Å². The maximum Gasteiger partial charge on any atom is 0.266 e. The maximum atomic E-state index is 12.5. The highest BCUT2D eigenvalue weighted by Gasteiger charge is 2.23. The van der Waals surface area contributed by atoms with Crippen LogP contribution in [-0.4, -0.2) is 34.6 Å². The molecule has 2 aromatic rings. The average molecular weight is 467 g/mol. The second-order valence-electron chi connectivity index (χ2n) is 6.48. The van der Waals surface area contributed by atoms with Crippen LogP contribution in [0.1, 0.15) is 60.7 Å². The molecule has 2 amide bonds. The fourth-order valence-electron chi connectivity index (χ4n) is 2.88. The van der Waals surface area contributed by atoms with Crippen LogP contribution in [0.15, 0.2) is 36.4 Å². The Labute approximate surface area is 187 Å². The number of halogens is 2. The van der Waals surface area contributed by atoms with E-state index in [1.165, 1.54) is 36.4 Å². The first-order chi connectivity index (χ1) is 14.7. The predicted octanol–water partition coefficient (Wildman–Crippen LogP) is 1.80. The summed E-state index contributed by atoms with van der Waals surface area (Å²) in [6.07, 6.45) is -1.34. The average Bonchev–Trinajstić information content (AvgIpc) is 2.77. The van der Waals surface area contributed by atoms with Gasteiger partial charge in [0.15, 0.2) is 11.6 Å². The summed E-state index contributed by atoms with van der Waals surface area (Å²) in [6.45, 7) is 0. The van der Waals surface area contributed by atoms with Crippen LogP contribution in [0.25, 0.3) is 0 Å². The predicted molar refractivity (Wildman–Crippen MR) is 115 cm³/mol. The number of rotatable bonds is 9. The lowest BCUT2D eigenvalue weighted by molar-refractivity contribution is 0.0719. The summed E-state index contributed by atoms with van der Waals surface area (Å²) in [6, 6.07) is 8.58. The second kappa shape index (κ2) is 11.0. The number of amides is 2. The van der Waals surface area contributed by atoms with Gasteiger partial charge in [0.2, 0.25) is 0 Å². The third kappa shape index (κ3) is 5.66. The Balaban J connectivity index is 2.04. The summed E-state index contributed by atoms with van der Waals surface area (Å²) < 4.78 is 0. The topological polar surface area (TPSA) is 165 Å². The number of carbonyl (C=O) groups is 4. The highest BCUT2D eigenvalue weighted by molar-refractivity contribution is 6.37. The van der Waals surface area contributed by atoms with Crippen LogP contribution in [0.4, 0.5) is 0 Å². The molecule has 0 aliphatic carbocycles. The molecule has 1 unspecified atom stereocenters. The number of hydrogen-bond acceptors (Lipinski definition) is 7. The zero-order valence-electron chi connectivity index (χ0n) is 16.2. The molecular formula is C20H20Cl2N4O5. The number of aliphatic hydroxyl groups excluding tert-OH is 1. The summed E-state index contributed by atoms with van der Waals surface area (Å²) in [7, 11) is 0. The molecule has 0 aliphatic rings. The number of benzene rings is 2. The largest absolute Gasteiger partial charge is 0.385 e. The zero-order chi connectivity index (χ0) is 23.1. The van der Waals surface area contributed by atoms with Crippen molar-refractivity contribution in [3.63, 3.8) is 0 Å². The summed E-state index contributed by atoms with van der Waals surface area (Å²) >= 11 is 12.2. The molecule has 31 heavy (non-hydrogen) atoms. The van der Waals surface area contributed by atoms with E-state index in [4.69, 9.17) is 34.9 Å². The van der Waals surface area contributed by atoms with Crippen molar-refractivity contribution in [1.29, 1.82) is 0 Å². The Hall–Kier alpha value is -2.82. The molecule has 2 aromatic carbocycles. The lowest BCUT2D eigenvalue weighted by Gasteiger charge is -2.13. The minimum absolute atomic E-state index is 0.00608. The number of hydrazine groups is 2. The number of Topliss-reactive ketones (excluding diaryl/α,β-unsaturated/α-hetero) is 2. The van der Waals surface area contributed by atoms with Crippen LogP contribution in [0.2, 0.25) is 10.0 Å². The Morgan fingerprint density at radius 2 is 1.29 bits per heavy atom. The molecule has 1 atom stereocenters. The van der Waals surface area contributed by atoms with Gasteiger partial charge in [-0.2, -0.15) is 0 Å². The summed E-state index contributed by atoms with van der Waals surface area (Å²) in [5.41, 5.74) is 4.01. The van der Waals surface area contributed by atoms with Crippen molar-refractivity contribution in [1.82, 2.24) is 10.9 Å². The van der Waals surface area contributed by atoms with E-state index in [2.05, 4.69) is 0 Å². The SMILES string of the molecule is NNC(=O)c1cccc(C(=O)CCCC(O)C(=O)c2cccc(C(=O)NN)c2Cl)c1Cl. The van der Waals surface area contributed by atoms with E-state index in [0.717, 1.165) is 0 Å². The lowest BCUT2D eigenvalue weighted by Crippen LogP contribution is -2.30.